The summed E-state index contributed by atoms with van der Waals surface area (Å²) < 4.78 is 0. The van der Waals surface area contributed by atoms with Crippen LogP contribution >= 0.6 is 11.3 Å². The van der Waals surface area contributed by atoms with Gasteiger partial charge in [0, 0.05) is 27.6 Å². The molecule has 1 fully saturated rings. The molecule has 16 heavy (non-hydrogen) atoms. The third-order valence-corrected chi connectivity index (χ3v) is 5.12. The minimum atomic E-state index is 0.00389. The van der Waals surface area contributed by atoms with Crippen LogP contribution in [0.4, 0.5) is 0 Å². The first kappa shape index (κ1) is 11.6. The Morgan fingerprint density at radius 1 is 1.50 bits per heavy atom. The highest BCUT2D eigenvalue weighted by Crippen LogP contribution is 2.40. The van der Waals surface area contributed by atoms with Gasteiger partial charge in [-0.2, -0.15) is 0 Å². The molecule has 2 atom stereocenters. The summed E-state index contributed by atoms with van der Waals surface area (Å²) >= 11 is 1.86. The normalized spacial score (nSPS) is 29.4. The standard InChI is InChI=1S/C13H19NOS/c1-4-9-6-7-11(16-9)13(3)8-12(15)14-10(13)5-2/h6-7,10H,4-5,8H2,1-3H3,(H,14,15). The van der Waals surface area contributed by atoms with Crippen molar-refractivity contribution in [3.05, 3.63) is 21.9 Å². The summed E-state index contributed by atoms with van der Waals surface area (Å²) in [5.41, 5.74) is 0.00389. The second-order valence-electron chi connectivity index (χ2n) is 4.74. The van der Waals surface area contributed by atoms with E-state index >= 15 is 0 Å². The molecule has 0 bridgehead atoms. The molecule has 0 aromatic carbocycles. The van der Waals surface area contributed by atoms with Crippen LogP contribution in [0.15, 0.2) is 12.1 Å². The maximum absolute atomic E-state index is 11.6. The van der Waals surface area contributed by atoms with Crippen molar-refractivity contribution in [2.45, 2.75) is 51.5 Å². The molecule has 1 aromatic rings. The molecule has 88 valence electrons. The molecule has 0 spiro atoms. The molecule has 2 unspecified atom stereocenters. The highest BCUT2D eigenvalue weighted by molar-refractivity contribution is 7.12. The van der Waals surface area contributed by atoms with Crippen molar-refractivity contribution in [3.8, 4) is 0 Å². The van der Waals surface area contributed by atoms with Gasteiger partial charge in [0.1, 0.15) is 0 Å². The van der Waals surface area contributed by atoms with Crippen molar-refractivity contribution in [3.63, 3.8) is 0 Å². The van der Waals surface area contributed by atoms with E-state index in [0.29, 0.717) is 12.5 Å². The number of aryl methyl sites for hydroxylation is 1. The van der Waals surface area contributed by atoms with Gasteiger partial charge < -0.3 is 5.32 Å². The summed E-state index contributed by atoms with van der Waals surface area (Å²) in [5, 5.41) is 3.09. The van der Waals surface area contributed by atoms with E-state index in [4.69, 9.17) is 0 Å². The van der Waals surface area contributed by atoms with Crippen LogP contribution in [0.25, 0.3) is 0 Å². The molecule has 0 aliphatic carbocycles. The summed E-state index contributed by atoms with van der Waals surface area (Å²) in [4.78, 5) is 14.3. The SMILES string of the molecule is CCc1ccc(C2(C)CC(=O)NC2CC)s1. The van der Waals surface area contributed by atoms with Gasteiger partial charge in [-0.25, -0.2) is 0 Å². The molecule has 1 amide bonds. The zero-order valence-electron chi connectivity index (χ0n) is 10.2. The van der Waals surface area contributed by atoms with E-state index < -0.39 is 0 Å². The van der Waals surface area contributed by atoms with E-state index in [9.17, 15) is 4.79 Å². The lowest BCUT2D eigenvalue weighted by Crippen LogP contribution is -2.37. The summed E-state index contributed by atoms with van der Waals surface area (Å²) in [5.74, 6) is 0.195. The van der Waals surface area contributed by atoms with Crippen molar-refractivity contribution in [1.82, 2.24) is 5.32 Å². The average Bonchev–Trinajstić information content (AvgIpc) is 2.83. The fraction of sp³-hybridized carbons (Fsp3) is 0.615. The summed E-state index contributed by atoms with van der Waals surface area (Å²) in [7, 11) is 0. The Morgan fingerprint density at radius 2 is 2.25 bits per heavy atom. The largest absolute Gasteiger partial charge is 0.352 e. The predicted molar refractivity (Wildman–Crippen MR) is 67.9 cm³/mol. The van der Waals surface area contributed by atoms with Gasteiger partial charge in [-0.15, -0.1) is 11.3 Å². The maximum Gasteiger partial charge on any atom is 0.221 e. The van der Waals surface area contributed by atoms with Gasteiger partial charge in [-0.3, -0.25) is 4.79 Å². The Kier molecular flexibility index (Phi) is 3.06. The topological polar surface area (TPSA) is 29.1 Å². The van der Waals surface area contributed by atoms with Crippen molar-refractivity contribution in [1.29, 1.82) is 0 Å². The molecular weight excluding hydrogens is 218 g/mol. The molecule has 0 saturated carbocycles. The molecule has 1 aliphatic heterocycles. The fourth-order valence-corrected chi connectivity index (χ4v) is 3.69. The number of nitrogens with one attached hydrogen (secondary N) is 1. The summed E-state index contributed by atoms with van der Waals surface area (Å²) in [6.45, 7) is 6.53. The Labute approximate surface area is 101 Å². The first-order chi connectivity index (χ1) is 7.60. The molecule has 2 heterocycles. The van der Waals surface area contributed by atoms with Gasteiger partial charge in [0.2, 0.25) is 5.91 Å². The van der Waals surface area contributed by atoms with E-state index in [1.54, 1.807) is 0 Å². The molecule has 0 radical (unpaired) electrons. The van der Waals surface area contributed by atoms with Gasteiger partial charge >= 0.3 is 0 Å². The number of amides is 1. The molecule has 2 rings (SSSR count). The maximum atomic E-state index is 11.6. The van der Waals surface area contributed by atoms with Crippen LogP contribution in [0.2, 0.25) is 0 Å². The van der Waals surface area contributed by atoms with Gasteiger partial charge in [0.05, 0.1) is 0 Å². The fourth-order valence-electron chi connectivity index (χ4n) is 2.55. The highest BCUT2D eigenvalue weighted by atomic mass is 32.1. The Morgan fingerprint density at radius 3 is 2.81 bits per heavy atom. The van der Waals surface area contributed by atoms with Gasteiger partial charge in [0.15, 0.2) is 0 Å². The first-order valence-corrected chi connectivity index (χ1v) is 6.80. The van der Waals surface area contributed by atoms with Crippen LogP contribution < -0.4 is 5.32 Å². The number of rotatable bonds is 3. The highest BCUT2D eigenvalue weighted by Gasteiger charge is 2.44. The van der Waals surface area contributed by atoms with Crippen LogP contribution in [-0.4, -0.2) is 11.9 Å². The number of hydrogen-bond donors (Lipinski definition) is 1. The second kappa shape index (κ2) is 4.21. The number of thiophene rings is 1. The zero-order chi connectivity index (χ0) is 11.8. The Bertz CT molecular complexity index is 398. The minimum Gasteiger partial charge on any atom is -0.352 e. The lowest BCUT2D eigenvalue weighted by Gasteiger charge is -2.28. The van der Waals surface area contributed by atoms with E-state index in [1.165, 1.54) is 9.75 Å². The number of carbonyl (C=O) groups excluding carboxylic acids is 1. The van der Waals surface area contributed by atoms with Gasteiger partial charge in [-0.1, -0.05) is 20.8 Å². The molecule has 1 aliphatic rings. The molecule has 1 saturated heterocycles. The van der Waals surface area contributed by atoms with Gasteiger partial charge in [-0.05, 0) is 25.0 Å². The van der Waals surface area contributed by atoms with Crippen LogP contribution in [0.1, 0.15) is 43.4 Å². The average molecular weight is 237 g/mol. The monoisotopic (exact) mass is 237 g/mol. The van der Waals surface area contributed by atoms with Crippen molar-refractivity contribution >= 4 is 17.2 Å². The molecule has 1 aromatic heterocycles. The zero-order valence-corrected chi connectivity index (χ0v) is 11.0. The molecular formula is C13H19NOS. The third kappa shape index (κ3) is 1.77. The third-order valence-electron chi connectivity index (χ3n) is 3.61. The van der Waals surface area contributed by atoms with E-state index in [2.05, 4.69) is 38.2 Å². The van der Waals surface area contributed by atoms with Crippen molar-refractivity contribution in [2.75, 3.05) is 0 Å². The summed E-state index contributed by atoms with van der Waals surface area (Å²) in [6.07, 6.45) is 2.72. The van der Waals surface area contributed by atoms with Crippen LogP contribution in [0, 0.1) is 0 Å². The lowest BCUT2D eigenvalue weighted by molar-refractivity contribution is -0.119. The molecule has 3 heteroatoms. The number of carbonyl (C=O) groups is 1. The van der Waals surface area contributed by atoms with Gasteiger partial charge in [0.25, 0.3) is 0 Å². The van der Waals surface area contributed by atoms with Crippen LogP contribution in [-0.2, 0) is 16.6 Å². The second-order valence-corrected chi connectivity index (χ2v) is 5.91. The van der Waals surface area contributed by atoms with Crippen LogP contribution in [0.3, 0.4) is 0 Å². The smallest absolute Gasteiger partial charge is 0.221 e. The first-order valence-electron chi connectivity index (χ1n) is 5.98. The van der Waals surface area contributed by atoms with Crippen LogP contribution in [0.5, 0.6) is 0 Å². The molecule has 2 nitrogen and oxygen atoms in total. The van der Waals surface area contributed by atoms with E-state index in [-0.39, 0.29) is 11.3 Å². The Balaban J connectivity index is 2.33. The molecule has 1 N–H and O–H groups in total. The lowest BCUT2D eigenvalue weighted by atomic mass is 9.80. The van der Waals surface area contributed by atoms with Crippen molar-refractivity contribution < 1.29 is 4.79 Å². The van der Waals surface area contributed by atoms with E-state index in [1.807, 2.05) is 11.3 Å². The Hall–Kier alpha value is -0.830. The van der Waals surface area contributed by atoms with E-state index in [0.717, 1.165) is 12.8 Å². The quantitative estimate of drug-likeness (QED) is 0.860. The van der Waals surface area contributed by atoms with Crippen molar-refractivity contribution in [2.24, 2.45) is 0 Å². The minimum absolute atomic E-state index is 0.00389. The summed E-state index contributed by atoms with van der Waals surface area (Å²) in [6, 6.07) is 4.69. The number of hydrogen-bond acceptors (Lipinski definition) is 2. The predicted octanol–water partition coefficient (Wildman–Crippen LogP) is 2.87.